The monoisotopic (exact) mass is 187 g/mol. The SMILES string of the molecule is C[C@@H](CO)Nc1ncncc1Cl. The van der Waals surface area contributed by atoms with Gasteiger partial charge in [-0.3, -0.25) is 0 Å². The van der Waals surface area contributed by atoms with E-state index in [1.165, 1.54) is 12.5 Å². The van der Waals surface area contributed by atoms with Crippen LogP contribution < -0.4 is 5.32 Å². The Morgan fingerprint density at radius 3 is 3.08 bits per heavy atom. The lowest BCUT2D eigenvalue weighted by molar-refractivity contribution is 0.281. The molecular formula is C7H10ClN3O. The molecule has 1 aromatic heterocycles. The molecule has 0 saturated carbocycles. The fourth-order valence-corrected chi connectivity index (χ4v) is 0.858. The number of hydrogen-bond acceptors (Lipinski definition) is 4. The Kier molecular flexibility index (Phi) is 3.25. The molecule has 66 valence electrons. The van der Waals surface area contributed by atoms with Crippen molar-refractivity contribution in [1.29, 1.82) is 0 Å². The van der Waals surface area contributed by atoms with Gasteiger partial charge in [-0.25, -0.2) is 9.97 Å². The van der Waals surface area contributed by atoms with Crippen molar-refractivity contribution in [2.45, 2.75) is 13.0 Å². The summed E-state index contributed by atoms with van der Waals surface area (Å²) in [5, 5.41) is 12.1. The van der Waals surface area contributed by atoms with Crippen molar-refractivity contribution in [1.82, 2.24) is 9.97 Å². The lowest BCUT2D eigenvalue weighted by Gasteiger charge is -2.11. The van der Waals surface area contributed by atoms with Crippen molar-refractivity contribution in [2.75, 3.05) is 11.9 Å². The highest BCUT2D eigenvalue weighted by Gasteiger charge is 2.03. The molecule has 0 spiro atoms. The molecule has 0 aliphatic rings. The van der Waals surface area contributed by atoms with E-state index in [9.17, 15) is 0 Å². The molecule has 1 atom stereocenters. The first-order chi connectivity index (χ1) is 5.74. The Labute approximate surface area is 75.6 Å². The van der Waals surface area contributed by atoms with Crippen molar-refractivity contribution >= 4 is 17.4 Å². The molecule has 12 heavy (non-hydrogen) atoms. The minimum Gasteiger partial charge on any atom is -0.394 e. The molecule has 0 radical (unpaired) electrons. The lowest BCUT2D eigenvalue weighted by atomic mass is 10.3. The average Bonchev–Trinajstić information content (AvgIpc) is 2.09. The third-order valence-electron chi connectivity index (χ3n) is 1.32. The van der Waals surface area contributed by atoms with E-state index >= 15 is 0 Å². The summed E-state index contributed by atoms with van der Waals surface area (Å²) in [4.78, 5) is 7.63. The molecular weight excluding hydrogens is 178 g/mol. The predicted molar refractivity (Wildman–Crippen MR) is 47.2 cm³/mol. The molecule has 2 N–H and O–H groups in total. The van der Waals surface area contributed by atoms with Crippen LogP contribution in [0.25, 0.3) is 0 Å². The van der Waals surface area contributed by atoms with E-state index in [1.54, 1.807) is 0 Å². The summed E-state index contributed by atoms with van der Waals surface area (Å²) < 4.78 is 0. The Balaban J connectivity index is 2.69. The third-order valence-corrected chi connectivity index (χ3v) is 1.60. The van der Waals surface area contributed by atoms with Gasteiger partial charge in [0.25, 0.3) is 0 Å². The van der Waals surface area contributed by atoms with Crippen LogP contribution in [0.5, 0.6) is 0 Å². The fraction of sp³-hybridized carbons (Fsp3) is 0.429. The molecule has 0 aliphatic heterocycles. The summed E-state index contributed by atoms with van der Waals surface area (Å²) in [5.74, 6) is 0.549. The molecule has 0 unspecified atom stereocenters. The predicted octanol–water partition coefficient (Wildman–Crippen LogP) is 0.923. The minimum atomic E-state index is -0.0580. The quantitative estimate of drug-likeness (QED) is 0.739. The molecule has 0 fully saturated rings. The summed E-state index contributed by atoms with van der Waals surface area (Å²) in [6.07, 6.45) is 2.90. The molecule has 1 aromatic rings. The van der Waals surface area contributed by atoms with Crippen molar-refractivity contribution in [3.8, 4) is 0 Å². The van der Waals surface area contributed by atoms with E-state index < -0.39 is 0 Å². The van der Waals surface area contributed by atoms with Gasteiger partial charge in [-0.2, -0.15) is 0 Å². The summed E-state index contributed by atoms with van der Waals surface area (Å²) in [6, 6.07) is -0.0580. The maximum Gasteiger partial charge on any atom is 0.148 e. The Morgan fingerprint density at radius 2 is 2.50 bits per heavy atom. The molecule has 0 aliphatic carbocycles. The standard InChI is InChI=1S/C7H10ClN3O/c1-5(3-12)11-7-6(8)2-9-4-10-7/h2,4-5,12H,3H2,1H3,(H,9,10,11)/t5-/m0/s1. The Morgan fingerprint density at radius 1 is 1.75 bits per heavy atom. The molecule has 0 bridgehead atoms. The average molecular weight is 188 g/mol. The first-order valence-electron chi connectivity index (χ1n) is 3.57. The Bertz CT molecular complexity index is 256. The zero-order chi connectivity index (χ0) is 8.97. The molecule has 4 nitrogen and oxygen atoms in total. The number of nitrogens with one attached hydrogen (secondary N) is 1. The molecule has 1 rings (SSSR count). The number of aliphatic hydroxyl groups is 1. The van der Waals surface area contributed by atoms with Crippen LogP contribution in [0.1, 0.15) is 6.92 Å². The fourth-order valence-electron chi connectivity index (χ4n) is 0.698. The third kappa shape index (κ3) is 2.32. The molecule has 0 amide bonds. The summed E-state index contributed by atoms with van der Waals surface area (Å²) in [5.41, 5.74) is 0. The van der Waals surface area contributed by atoms with Gasteiger partial charge in [0.1, 0.15) is 17.2 Å². The van der Waals surface area contributed by atoms with Gasteiger partial charge < -0.3 is 10.4 Å². The summed E-state index contributed by atoms with van der Waals surface area (Å²) in [6.45, 7) is 1.87. The van der Waals surface area contributed by atoms with Crippen LogP contribution in [0.15, 0.2) is 12.5 Å². The van der Waals surface area contributed by atoms with E-state index in [0.29, 0.717) is 10.8 Å². The summed E-state index contributed by atoms with van der Waals surface area (Å²) in [7, 11) is 0. The van der Waals surface area contributed by atoms with Crippen LogP contribution >= 0.6 is 11.6 Å². The number of hydrogen-bond donors (Lipinski definition) is 2. The van der Waals surface area contributed by atoms with Crippen LogP contribution in [0.3, 0.4) is 0 Å². The topological polar surface area (TPSA) is 58.0 Å². The van der Waals surface area contributed by atoms with Gasteiger partial charge in [0, 0.05) is 6.04 Å². The second kappa shape index (κ2) is 4.23. The van der Waals surface area contributed by atoms with Gasteiger partial charge in [-0.1, -0.05) is 11.6 Å². The Hall–Kier alpha value is -0.870. The number of aliphatic hydroxyl groups excluding tert-OH is 1. The normalized spacial score (nSPS) is 12.6. The largest absolute Gasteiger partial charge is 0.394 e. The highest BCUT2D eigenvalue weighted by Crippen LogP contribution is 2.16. The van der Waals surface area contributed by atoms with Gasteiger partial charge >= 0.3 is 0 Å². The zero-order valence-electron chi connectivity index (χ0n) is 6.66. The van der Waals surface area contributed by atoms with Gasteiger partial charge in [0.15, 0.2) is 0 Å². The van der Waals surface area contributed by atoms with Crippen LogP contribution in [0, 0.1) is 0 Å². The molecule has 0 aromatic carbocycles. The molecule has 0 saturated heterocycles. The number of halogens is 1. The number of aromatic nitrogens is 2. The van der Waals surface area contributed by atoms with Gasteiger partial charge in [0.2, 0.25) is 0 Å². The van der Waals surface area contributed by atoms with Crippen LogP contribution in [0.4, 0.5) is 5.82 Å². The van der Waals surface area contributed by atoms with E-state index in [4.69, 9.17) is 16.7 Å². The minimum absolute atomic E-state index is 0.0420. The van der Waals surface area contributed by atoms with Crippen molar-refractivity contribution in [2.24, 2.45) is 0 Å². The number of rotatable bonds is 3. The van der Waals surface area contributed by atoms with Crippen LogP contribution in [-0.2, 0) is 0 Å². The first kappa shape index (κ1) is 9.22. The maximum absolute atomic E-state index is 8.74. The molecule has 1 heterocycles. The second-order valence-electron chi connectivity index (χ2n) is 2.45. The van der Waals surface area contributed by atoms with E-state index in [1.807, 2.05) is 6.92 Å². The maximum atomic E-state index is 8.74. The smallest absolute Gasteiger partial charge is 0.148 e. The van der Waals surface area contributed by atoms with E-state index in [-0.39, 0.29) is 12.6 Å². The van der Waals surface area contributed by atoms with Gasteiger partial charge in [-0.15, -0.1) is 0 Å². The van der Waals surface area contributed by atoms with Crippen molar-refractivity contribution < 1.29 is 5.11 Å². The number of anilines is 1. The van der Waals surface area contributed by atoms with Crippen molar-refractivity contribution in [3.63, 3.8) is 0 Å². The lowest BCUT2D eigenvalue weighted by Crippen LogP contribution is -2.20. The van der Waals surface area contributed by atoms with Crippen LogP contribution in [0.2, 0.25) is 5.02 Å². The number of nitrogens with zero attached hydrogens (tertiary/aromatic N) is 2. The second-order valence-corrected chi connectivity index (χ2v) is 2.85. The zero-order valence-corrected chi connectivity index (χ0v) is 7.41. The first-order valence-corrected chi connectivity index (χ1v) is 3.94. The van der Waals surface area contributed by atoms with Crippen LogP contribution in [-0.4, -0.2) is 27.7 Å². The van der Waals surface area contributed by atoms with Gasteiger partial charge in [-0.05, 0) is 6.92 Å². The highest BCUT2D eigenvalue weighted by atomic mass is 35.5. The highest BCUT2D eigenvalue weighted by molar-refractivity contribution is 6.32. The van der Waals surface area contributed by atoms with Gasteiger partial charge in [0.05, 0.1) is 12.8 Å². The molecule has 5 heteroatoms. The van der Waals surface area contributed by atoms with E-state index in [0.717, 1.165) is 0 Å². The van der Waals surface area contributed by atoms with Crippen molar-refractivity contribution in [3.05, 3.63) is 17.5 Å². The summed E-state index contributed by atoms with van der Waals surface area (Å²) >= 11 is 5.76. The van der Waals surface area contributed by atoms with E-state index in [2.05, 4.69) is 15.3 Å².